The molecular weight excluding hydrogens is 246 g/mol. The van der Waals surface area contributed by atoms with Gasteiger partial charge in [-0.05, 0) is 43.2 Å². The molecule has 1 aromatic heterocycles. The minimum Gasteiger partial charge on any atom is -0.326 e. The van der Waals surface area contributed by atoms with Crippen LogP contribution in [-0.4, -0.2) is 11.5 Å². The third-order valence-electron chi connectivity index (χ3n) is 3.32. The van der Waals surface area contributed by atoms with E-state index in [9.17, 15) is 0 Å². The van der Waals surface area contributed by atoms with Gasteiger partial charge in [-0.2, -0.15) is 0 Å². The van der Waals surface area contributed by atoms with Crippen molar-refractivity contribution < 1.29 is 0 Å². The van der Waals surface area contributed by atoms with Crippen molar-refractivity contribution in [2.75, 3.05) is 11.4 Å². The largest absolute Gasteiger partial charge is 0.326 e. The zero-order valence-electron chi connectivity index (χ0n) is 12.3. The van der Waals surface area contributed by atoms with Gasteiger partial charge in [0.15, 0.2) is 0 Å². The van der Waals surface area contributed by atoms with Crippen LogP contribution >= 0.6 is 0 Å². The van der Waals surface area contributed by atoms with E-state index in [1.807, 2.05) is 19.1 Å². The number of nitrogens with zero attached hydrogens (tertiary/aromatic N) is 2. The van der Waals surface area contributed by atoms with E-state index in [0.717, 1.165) is 30.0 Å². The fourth-order valence-electron chi connectivity index (χ4n) is 2.28. The molecule has 2 N–H and O–H groups in total. The number of nitrogens with two attached hydrogens (primary N) is 1. The summed E-state index contributed by atoms with van der Waals surface area (Å²) < 4.78 is 0. The van der Waals surface area contributed by atoms with Crippen LogP contribution in [0.5, 0.6) is 0 Å². The van der Waals surface area contributed by atoms with Crippen molar-refractivity contribution >= 4 is 11.5 Å². The number of benzene rings is 1. The second-order valence-electron chi connectivity index (χ2n) is 5.02. The first-order valence-electron chi connectivity index (χ1n) is 7.24. The number of unbranched alkanes of at least 4 members (excludes halogenated alkanes) is 1. The number of hydrogen-bond acceptors (Lipinski definition) is 3. The summed E-state index contributed by atoms with van der Waals surface area (Å²) in [6, 6.07) is 14.6. The lowest BCUT2D eigenvalue weighted by molar-refractivity contribution is 0.777. The van der Waals surface area contributed by atoms with Crippen molar-refractivity contribution in [2.45, 2.75) is 33.2 Å². The van der Waals surface area contributed by atoms with Crippen LogP contribution in [0.25, 0.3) is 0 Å². The summed E-state index contributed by atoms with van der Waals surface area (Å²) in [6.45, 7) is 5.75. The Morgan fingerprint density at radius 1 is 1.15 bits per heavy atom. The Morgan fingerprint density at radius 3 is 2.55 bits per heavy atom. The number of pyridine rings is 1. The average molecular weight is 269 g/mol. The molecule has 0 radical (unpaired) electrons. The first-order chi connectivity index (χ1) is 9.74. The lowest BCUT2D eigenvalue weighted by Gasteiger charge is -2.24. The van der Waals surface area contributed by atoms with Crippen molar-refractivity contribution in [1.29, 1.82) is 0 Å². The maximum Gasteiger partial charge on any atom is 0.133 e. The molecule has 0 aliphatic carbocycles. The van der Waals surface area contributed by atoms with Gasteiger partial charge in [-0.3, -0.25) is 0 Å². The third kappa shape index (κ3) is 3.58. The molecule has 0 bridgehead atoms. The minimum absolute atomic E-state index is 0.548. The maximum absolute atomic E-state index is 5.78. The van der Waals surface area contributed by atoms with Gasteiger partial charge in [0.1, 0.15) is 5.82 Å². The highest BCUT2D eigenvalue weighted by molar-refractivity contribution is 5.60. The molecule has 1 heterocycles. The van der Waals surface area contributed by atoms with E-state index in [1.165, 1.54) is 12.1 Å². The van der Waals surface area contributed by atoms with Gasteiger partial charge in [0.05, 0.1) is 0 Å². The number of aromatic nitrogens is 1. The van der Waals surface area contributed by atoms with Gasteiger partial charge in [0.2, 0.25) is 0 Å². The number of hydrogen-bond donors (Lipinski definition) is 1. The first kappa shape index (κ1) is 14.5. The second kappa shape index (κ2) is 7.06. The molecule has 0 unspecified atom stereocenters. The Hall–Kier alpha value is -1.87. The second-order valence-corrected chi connectivity index (χ2v) is 5.02. The van der Waals surface area contributed by atoms with Crippen LogP contribution in [0.1, 0.15) is 31.0 Å². The highest BCUT2D eigenvalue weighted by Gasteiger charge is 2.11. The molecule has 20 heavy (non-hydrogen) atoms. The summed E-state index contributed by atoms with van der Waals surface area (Å²) in [7, 11) is 0. The van der Waals surface area contributed by atoms with E-state index in [1.54, 1.807) is 0 Å². The molecule has 0 aliphatic heterocycles. The molecule has 0 spiro atoms. The molecule has 2 aromatic rings. The summed E-state index contributed by atoms with van der Waals surface area (Å²) in [4.78, 5) is 6.96. The zero-order valence-corrected chi connectivity index (χ0v) is 12.3. The third-order valence-corrected chi connectivity index (χ3v) is 3.32. The highest BCUT2D eigenvalue weighted by atomic mass is 15.2. The summed E-state index contributed by atoms with van der Waals surface area (Å²) in [5.74, 6) is 0.991. The van der Waals surface area contributed by atoms with Crippen LogP contribution in [0, 0.1) is 6.92 Å². The van der Waals surface area contributed by atoms with E-state index in [2.05, 4.69) is 47.1 Å². The maximum atomic E-state index is 5.78. The van der Waals surface area contributed by atoms with Crippen molar-refractivity contribution in [3.05, 3.63) is 53.7 Å². The molecule has 3 heteroatoms. The van der Waals surface area contributed by atoms with Crippen LogP contribution < -0.4 is 10.6 Å². The zero-order chi connectivity index (χ0) is 14.4. The van der Waals surface area contributed by atoms with Gasteiger partial charge >= 0.3 is 0 Å². The van der Waals surface area contributed by atoms with E-state index < -0.39 is 0 Å². The highest BCUT2D eigenvalue weighted by Crippen LogP contribution is 2.25. The van der Waals surface area contributed by atoms with Gasteiger partial charge < -0.3 is 10.6 Å². The number of para-hydroxylation sites is 1. The van der Waals surface area contributed by atoms with E-state index >= 15 is 0 Å². The van der Waals surface area contributed by atoms with Crippen LogP contribution in [0.4, 0.5) is 11.5 Å². The van der Waals surface area contributed by atoms with Gasteiger partial charge in [0.25, 0.3) is 0 Å². The molecule has 3 nitrogen and oxygen atoms in total. The van der Waals surface area contributed by atoms with Crippen LogP contribution in [0.3, 0.4) is 0 Å². The molecule has 0 saturated carbocycles. The van der Waals surface area contributed by atoms with Crippen molar-refractivity contribution in [2.24, 2.45) is 5.73 Å². The molecule has 0 atom stereocenters. The van der Waals surface area contributed by atoms with Gasteiger partial charge in [-0.1, -0.05) is 31.5 Å². The number of aryl methyl sites for hydroxylation is 1. The summed E-state index contributed by atoms with van der Waals surface area (Å²) >= 11 is 0. The SMILES string of the molecule is CCCCN(c1ccccc1)c1cc(CN)cc(C)n1. The van der Waals surface area contributed by atoms with Gasteiger partial charge in [-0.25, -0.2) is 4.98 Å². The minimum atomic E-state index is 0.548. The average Bonchev–Trinajstić information content (AvgIpc) is 2.48. The van der Waals surface area contributed by atoms with Crippen LogP contribution in [0.15, 0.2) is 42.5 Å². The fraction of sp³-hybridized carbons (Fsp3) is 0.353. The monoisotopic (exact) mass is 269 g/mol. The topological polar surface area (TPSA) is 42.1 Å². The summed E-state index contributed by atoms with van der Waals surface area (Å²) in [6.07, 6.45) is 2.31. The van der Waals surface area contributed by atoms with E-state index in [0.29, 0.717) is 6.54 Å². The normalized spacial score (nSPS) is 10.6. The lowest BCUT2D eigenvalue weighted by Crippen LogP contribution is -2.20. The molecule has 2 rings (SSSR count). The molecule has 0 saturated heterocycles. The number of anilines is 2. The molecular formula is C17H23N3. The Kier molecular flexibility index (Phi) is 5.13. The number of rotatable bonds is 6. The van der Waals surface area contributed by atoms with Crippen molar-refractivity contribution in [3.63, 3.8) is 0 Å². The van der Waals surface area contributed by atoms with Gasteiger partial charge in [0, 0.05) is 24.5 Å². The van der Waals surface area contributed by atoms with Crippen LogP contribution in [-0.2, 0) is 6.54 Å². The summed E-state index contributed by atoms with van der Waals surface area (Å²) in [5.41, 5.74) is 9.11. The first-order valence-corrected chi connectivity index (χ1v) is 7.24. The fourth-order valence-corrected chi connectivity index (χ4v) is 2.28. The molecule has 0 fully saturated rings. The van der Waals surface area contributed by atoms with E-state index in [-0.39, 0.29) is 0 Å². The van der Waals surface area contributed by atoms with Crippen molar-refractivity contribution in [3.8, 4) is 0 Å². The molecule has 0 amide bonds. The predicted octanol–water partition coefficient (Wildman–Crippen LogP) is 3.79. The Bertz CT molecular complexity index is 537. The quantitative estimate of drug-likeness (QED) is 0.867. The Labute approximate surface area is 121 Å². The Morgan fingerprint density at radius 2 is 1.90 bits per heavy atom. The Balaban J connectivity index is 2.38. The smallest absolute Gasteiger partial charge is 0.133 e. The van der Waals surface area contributed by atoms with E-state index in [4.69, 9.17) is 5.73 Å². The summed E-state index contributed by atoms with van der Waals surface area (Å²) in [5, 5.41) is 0. The molecule has 0 aliphatic rings. The molecule has 1 aromatic carbocycles. The van der Waals surface area contributed by atoms with Crippen LogP contribution in [0.2, 0.25) is 0 Å². The standard InChI is InChI=1S/C17H23N3/c1-3-4-10-20(16-8-6-5-7-9-16)17-12-15(13-18)11-14(2)19-17/h5-9,11-12H,3-4,10,13,18H2,1-2H3. The predicted molar refractivity (Wildman–Crippen MR) is 85.2 cm³/mol. The molecule has 106 valence electrons. The lowest BCUT2D eigenvalue weighted by atomic mass is 10.2. The van der Waals surface area contributed by atoms with Crippen molar-refractivity contribution in [1.82, 2.24) is 4.98 Å². The van der Waals surface area contributed by atoms with Gasteiger partial charge in [-0.15, -0.1) is 0 Å².